The Labute approximate surface area is 65.6 Å². The minimum atomic E-state index is 1.01. The van der Waals surface area contributed by atoms with Crippen LogP contribution in [0.25, 0.3) is 0 Å². The highest BCUT2D eigenvalue weighted by molar-refractivity contribution is 8.16. The van der Waals surface area contributed by atoms with Crippen LogP contribution in [-0.2, 0) is 0 Å². The van der Waals surface area contributed by atoms with Crippen LogP contribution < -0.4 is 0 Å². The number of thiol groups is 1. The lowest BCUT2D eigenvalue weighted by Gasteiger charge is -1.94. The molecule has 0 aliphatic heterocycles. The van der Waals surface area contributed by atoms with Gasteiger partial charge in [-0.2, -0.15) is 36.2 Å². The molecule has 0 aromatic rings. The Hall–Kier alpha value is 1.05. The molecule has 0 saturated carbocycles. The van der Waals surface area contributed by atoms with Crippen molar-refractivity contribution in [2.24, 2.45) is 0 Å². The molecule has 0 radical (unpaired) electrons. The molecule has 0 aliphatic rings. The highest BCUT2D eigenvalue weighted by Gasteiger charge is 1.83. The molecule has 0 saturated heterocycles. The minimum Gasteiger partial charge on any atom is -0.179 e. The van der Waals surface area contributed by atoms with E-state index in [9.17, 15) is 0 Å². The van der Waals surface area contributed by atoms with Crippen molar-refractivity contribution >= 4 is 36.2 Å². The lowest BCUT2D eigenvalue weighted by Crippen LogP contribution is -1.79. The van der Waals surface area contributed by atoms with Crippen molar-refractivity contribution in [3.8, 4) is 0 Å². The van der Waals surface area contributed by atoms with Gasteiger partial charge in [0.15, 0.2) is 0 Å². The summed E-state index contributed by atoms with van der Waals surface area (Å²) in [6.07, 6.45) is 0. The van der Waals surface area contributed by atoms with Crippen LogP contribution in [0.5, 0.6) is 0 Å². The maximum atomic E-state index is 4.09. The quantitative estimate of drug-likeness (QED) is 0.380. The second-order valence-corrected chi connectivity index (χ2v) is 4.43. The molecule has 0 rings (SSSR count). The van der Waals surface area contributed by atoms with Crippen molar-refractivity contribution in [2.75, 3.05) is 22.3 Å². The fourth-order valence-electron chi connectivity index (χ4n) is 0.266. The summed E-state index contributed by atoms with van der Waals surface area (Å²) in [6, 6.07) is 0. The van der Waals surface area contributed by atoms with Crippen molar-refractivity contribution in [3.63, 3.8) is 0 Å². The van der Waals surface area contributed by atoms with E-state index in [-0.39, 0.29) is 0 Å². The number of thioether (sulfide) groups is 2. The lowest BCUT2D eigenvalue weighted by atomic mass is 11.0. The monoisotopic (exact) mass is 168 g/mol. The minimum absolute atomic E-state index is 1.01. The van der Waals surface area contributed by atoms with Gasteiger partial charge in [0.05, 0.1) is 0 Å². The van der Waals surface area contributed by atoms with E-state index >= 15 is 0 Å². The normalized spacial score (nSPS) is 9.75. The Bertz CT molecular complexity index is 32.7. The van der Waals surface area contributed by atoms with Crippen LogP contribution in [0.15, 0.2) is 0 Å². The third kappa shape index (κ3) is 7.05. The molecule has 0 aliphatic carbocycles. The highest BCUT2D eigenvalue weighted by atomic mass is 32.2. The predicted octanol–water partition coefficient (Wildman–Crippen LogP) is 2.36. The maximum Gasteiger partial charge on any atom is 0.0392 e. The molecule has 3 heteroatoms. The Morgan fingerprint density at radius 1 is 1.38 bits per heavy atom. The molecular formula is C5H12S3. The zero-order chi connectivity index (χ0) is 6.24. The highest BCUT2D eigenvalue weighted by Crippen LogP contribution is 2.10. The van der Waals surface area contributed by atoms with Gasteiger partial charge in [-0.15, -0.1) is 0 Å². The van der Waals surface area contributed by atoms with Crippen molar-refractivity contribution < 1.29 is 0 Å². The summed E-state index contributed by atoms with van der Waals surface area (Å²) >= 11 is 8.03. The van der Waals surface area contributed by atoms with E-state index in [0.717, 1.165) is 5.75 Å². The van der Waals surface area contributed by atoms with Crippen molar-refractivity contribution in [1.82, 2.24) is 0 Å². The maximum absolute atomic E-state index is 4.09. The average molecular weight is 168 g/mol. The van der Waals surface area contributed by atoms with Gasteiger partial charge >= 0.3 is 0 Å². The molecule has 0 aromatic carbocycles. The molecule has 0 nitrogen and oxygen atoms in total. The van der Waals surface area contributed by atoms with E-state index in [1.165, 1.54) is 16.6 Å². The summed E-state index contributed by atoms with van der Waals surface area (Å²) < 4.78 is 0. The predicted molar refractivity (Wildman–Crippen MR) is 49.3 cm³/mol. The number of hydrogen-bond donors (Lipinski definition) is 1. The van der Waals surface area contributed by atoms with Crippen LogP contribution in [0.1, 0.15) is 6.92 Å². The van der Waals surface area contributed by atoms with Gasteiger partial charge < -0.3 is 0 Å². The molecule has 0 N–H and O–H groups in total. The Kier molecular flexibility index (Phi) is 9.11. The smallest absolute Gasteiger partial charge is 0.0392 e. The lowest BCUT2D eigenvalue weighted by molar-refractivity contribution is 1.53. The van der Waals surface area contributed by atoms with Crippen molar-refractivity contribution in [2.45, 2.75) is 6.92 Å². The number of hydrogen-bond acceptors (Lipinski definition) is 3. The van der Waals surface area contributed by atoms with E-state index < -0.39 is 0 Å². The van der Waals surface area contributed by atoms with Gasteiger partial charge in [0, 0.05) is 10.8 Å². The van der Waals surface area contributed by atoms with E-state index in [2.05, 4.69) is 19.6 Å². The third-order valence-corrected chi connectivity index (χ3v) is 3.37. The summed E-state index contributed by atoms with van der Waals surface area (Å²) in [7, 11) is 0. The Balaban J connectivity index is 2.53. The van der Waals surface area contributed by atoms with Gasteiger partial charge in [-0.25, -0.2) is 0 Å². The second-order valence-electron chi connectivity index (χ2n) is 1.24. The first kappa shape index (κ1) is 9.05. The molecule has 0 unspecified atom stereocenters. The molecule has 0 fully saturated rings. The topological polar surface area (TPSA) is 0 Å². The van der Waals surface area contributed by atoms with Crippen LogP contribution in [0.4, 0.5) is 0 Å². The zero-order valence-corrected chi connectivity index (χ0v) is 7.62. The third-order valence-electron chi connectivity index (χ3n) is 0.606. The van der Waals surface area contributed by atoms with E-state index in [1.807, 2.05) is 23.5 Å². The van der Waals surface area contributed by atoms with Gasteiger partial charge in [-0.05, 0) is 11.5 Å². The molecule has 0 heterocycles. The molecule has 50 valence electrons. The summed E-state index contributed by atoms with van der Waals surface area (Å²) in [6.45, 7) is 2.19. The van der Waals surface area contributed by atoms with E-state index in [0.29, 0.717) is 0 Å². The average Bonchev–Trinajstić information content (AvgIpc) is 1.81. The molecule has 0 amide bonds. The SMILES string of the molecule is CCSCSCCS. The summed E-state index contributed by atoms with van der Waals surface area (Å²) in [4.78, 5) is 0. The van der Waals surface area contributed by atoms with Gasteiger partial charge in [0.2, 0.25) is 0 Å². The summed E-state index contributed by atoms with van der Waals surface area (Å²) in [5, 5.41) is 1.23. The van der Waals surface area contributed by atoms with E-state index in [1.54, 1.807) is 0 Å². The van der Waals surface area contributed by atoms with Crippen LogP contribution in [0.3, 0.4) is 0 Å². The second kappa shape index (κ2) is 8.05. The van der Waals surface area contributed by atoms with Crippen LogP contribution in [0.2, 0.25) is 0 Å². The van der Waals surface area contributed by atoms with E-state index in [4.69, 9.17) is 0 Å². The zero-order valence-electron chi connectivity index (χ0n) is 5.09. The van der Waals surface area contributed by atoms with Crippen molar-refractivity contribution in [3.05, 3.63) is 0 Å². The van der Waals surface area contributed by atoms with Gasteiger partial charge in [-0.3, -0.25) is 0 Å². The first-order valence-electron chi connectivity index (χ1n) is 2.68. The number of rotatable bonds is 5. The standard InChI is InChI=1S/C5H12S3/c1-2-7-5-8-4-3-6/h6H,2-5H2,1H3. The van der Waals surface area contributed by atoms with Crippen LogP contribution in [0, 0.1) is 0 Å². The first-order chi connectivity index (χ1) is 3.91. The molecule has 0 atom stereocenters. The molecular weight excluding hydrogens is 156 g/mol. The molecule has 0 aromatic heterocycles. The fourth-order valence-corrected chi connectivity index (χ4v) is 2.39. The summed E-state index contributed by atoms with van der Waals surface area (Å²) in [5.74, 6) is 3.44. The van der Waals surface area contributed by atoms with Crippen LogP contribution >= 0.6 is 36.2 Å². The van der Waals surface area contributed by atoms with Crippen LogP contribution in [-0.4, -0.2) is 22.3 Å². The molecule has 8 heavy (non-hydrogen) atoms. The Morgan fingerprint density at radius 3 is 2.62 bits per heavy atom. The van der Waals surface area contributed by atoms with Gasteiger partial charge in [0.1, 0.15) is 0 Å². The molecule has 0 bridgehead atoms. The molecule has 0 spiro atoms. The first-order valence-corrected chi connectivity index (χ1v) is 5.62. The fraction of sp³-hybridized carbons (Fsp3) is 1.00. The largest absolute Gasteiger partial charge is 0.179 e. The summed E-state index contributed by atoms with van der Waals surface area (Å²) in [5.41, 5.74) is 0. The van der Waals surface area contributed by atoms with Gasteiger partial charge in [0.25, 0.3) is 0 Å². The Morgan fingerprint density at radius 2 is 2.12 bits per heavy atom. The van der Waals surface area contributed by atoms with Gasteiger partial charge in [-0.1, -0.05) is 6.92 Å². The van der Waals surface area contributed by atoms with Crippen molar-refractivity contribution in [1.29, 1.82) is 0 Å².